The first-order valence-electron chi connectivity index (χ1n) is 7.00. The third-order valence-electron chi connectivity index (χ3n) is 3.24. The van der Waals surface area contributed by atoms with Gasteiger partial charge >= 0.3 is 0 Å². The first kappa shape index (κ1) is 15.8. The topological polar surface area (TPSA) is 64.7 Å². The van der Waals surface area contributed by atoms with Crippen molar-refractivity contribution in [1.29, 1.82) is 0 Å². The number of hydrogen-bond acceptors (Lipinski definition) is 3. The van der Waals surface area contributed by atoms with Crippen LogP contribution in [0.2, 0.25) is 0 Å². The lowest BCUT2D eigenvalue weighted by molar-refractivity contribution is -0.121. The molecule has 0 aliphatic carbocycles. The van der Waals surface area contributed by atoms with Crippen LogP contribution >= 0.6 is 15.9 Å². The molecule has 114 valence electrons. The molecule has 0 aliphatic heterocycles. The number of nitrogens with one attached hydrogen (secondary N) is 1. The summed E-state index contributed by atoms with van der Waals surface area (Å²) in [5.41, 5.74) is 2.19. The molecule has 2 aromatic rings. The molecule has 1 amide bonds. The van der Waals surface area contributed by atoms with Crippen LogP contribution in [0.1, 0.15) is 24.1 Å². The Morgan fingerprint density at radius 2 is 2.10 bits per heavy atom. The van der Waals surface area contributed by atoms with Crippen molar-refractivity contribution in [2.24, 2.45) is 0 Å². The molecule has 0 radical (unpaired) electrons. The average Bonchev–Trinajstić information content (AvgIpc) is 3.01. The van der Waals surface area contributed by atoms with Crippen LogP contribution in [0.5, 0.6) is 0 Å². The molecular formula is C14H20BrN5O. The van der Waals surface area contributed by atoms with Gasteiger partial charge in [-0.25, -0.2) is 0 Å². The fraction of sp³-hybridized carbons (Fsp3) is 0.500. The van der Waals surface area contributed by atoms with Crippen LogP contribution in [-0.2, 0) is 17.9 Å². The van der Waals surface area contributed by atoms with E-state index in [0.29, 0.717) is 19.5 Å². The monoisotopic (exact) mass is 353 g/mol. The second-order valence-corrected chi connectivity index (χ2v) is 5.89. The fourth-order valence-corrected chi connectivity index (χ4v) is 2.30. The summed E-state index contributed by atoms with van der Waals surface area (Å²) in [6.07, 6.45) is 6.90. The van der Waals surface area contributed by atoms with E-state index in [0.717, 1.165) is 28.7 Å². The minimum atomic E-state index is 0.0534. The molecule has 0 saturated carbocycles. The van der Waals surface area contributed by atoms with Gasteiger partial charge in [0.1, 0.15) is 0 Å². The predicted molar refractivity (Wildman–Crippen MR) is 83.9 cm³/mol. The van der Waals surface area contributed by atoms with Gasteiger partial charge in [0.25, 0.3) is 0 Å². The first-order chi connectivity index (χ1) is 10.1. The van der Waals surface area contributed by atoms with Crippen molar-refractivity contribution >= 4 is 21.8 Å². The summed E-state index contributed by atoms with van der Waals surface area (Å²) in [5, 5.41) is 11.3. The lowest BCUT2D eigenvalue weighted by Crippen LogP contribution is -2.26. The van der Waals surface area contributed by atoms with Crippen molar-refractivity contribution in [2.45, 2.75) is 39.8 Å². The Balaban J connectivity index is 1.62. The number of carbonyl (C=O) groups excluding carboxylic acids is 1. The molecule has 0 aromatic carbocycles. The molecular weight excluding hydrogens is 334 g/mol. The van der Waals surface area contributed by atoms with Gasteiger partial charge in [0.2, 0.25) is 5.91 Å². The largest absolute Gasteiger partial charge is 0.356 e. The van der Waals surface area contributed by atoms with Gasteiger partial charge < -0.3 is 5.32 Å². The minimum absolute atomic E-state index is 0.0534. The van der Waals surface area contributed by atoms with Gasteiger partial charge in [-0.3, -0.25) is 14.2 Å². The highest BCUT2D eigenvalue weighted by Gasteiger charge is 2.06. The summed E-state index contributed by atoms with van der Waals surface area (Å²) in [5.74, 6) is 0.0534. The van der Waals surface area contributed by atoms with E-state index in [4.69, 9.17) is 0 Å². The standard InChI is InChI=1S/C14H20BrN5O/c1-11-8-17-19(10-11)6-3-5-16-14(21)4-7-20-12(2)13(15)9-18-20/h8-10H,3-7H2,1-2H3,(H,16,21). The van der Waals surface area contributed by atoms with Crippen LogP contribution in [0, 0.1) is 13.8 Å². The number of halogens is 1. The van der Waals surface area contributed by atoms with Gasteiger partial charge in [-0.1, -0.05) is 0 Å². The zero-order valence-electron chi connectivity index (χ0n) is 12.3. The van der Waals surface area contributed by atoms with Crippen molar-refractivity contribution in [3.63, 3.8) is 0 Å². The van der Waals surface area contributed by atoms with Gasteiger partial charge in [-0.15, -0.1) is 0 Å². The second-order valence-electron chi connectivity index (χ2n) is 5.04. The van der Waals surface area contributed by atoms with Crippen LogP contribution in [0.4, 0.5) is 0 Å². The second kappa shape index (κ2) is 7.40. The predicted octanol–water partition coefficient (Wildman–Crippen LogP) is 2.06. The van der Waals surface area contributed by atoms with Crippen LogP contribution < -0.4 is 5.32 Å². The summed E-state index contributed by atoms with van der Waals surface area (Å²) in [6.45, 7) is 6.07. The Morgan fingerprint density at radius 1 is 1.29 bits per heavy atom. The zero-order valence-corrected chi connectivity index (χ0v) is 13.9. The van der Waals surface area contributed by atoms with Crippen molar-refractivity contribution < 1.29 is 4.79 Å². The lowest BCUT2D eigenvalue weighted by Gasteiger charge is -2.07. The fourth-order valence-electron chi connectivity index (χ4n) is 2.00. The maximum Gasteiger partial charge on any atom is 0.221 e. The van der Waals surface area contributed by atoms with Crippen molar-refractivity contribution in [2.75, 3.05) is 6.54 Å². The van der Waals surface area contributed by atoms with Crippen LogP contribution in [-0.4, -0.2) is 32.0 Å². The Bertz CT molecular complexity index is 604. The average molecular weight is 354 g/mol. The summed E-state index contributed by atoms with van der Waals surface area (Å²) >= 11 is 3.41. The molecule has 0 aliphatic rings. The normalized spacial score (nSPS) is 10.8. The lowest BCUT2D eigenvalue weighted by atomic mass is 10.3. The van der Waals surface area contributed by atoms with Crippen LogP contribution in [0.25, 0.3) is 0 Å². The van der Waals surface area contributed by atoms with E-state index in [9.17, 15) is 4.79 Å². The highest BCUT2D eigenvalue weighted by atomic mass is 79.9. The summed E-state index contributed by atoms with van der Waals surface area (Å²) in [7, 11) is 0. The van der Waals surface area contributed by atoms with E-state index in [1.54, 1.807) is 6.20 Å². The molecule has 2 aromatic heterocycles. The Kier molecular flexibility index (Phi) is 5.55. The van der Waals surface area contributed by atoms with Crippen molar-refractivity contribution in [1.82, 2.24) is 24.9 Å². The van der Waals surface area contributed by atoms with E-state index in [1.807, 2.05) is 35.6 Å². The number of amides is 1. The molecule has 0 fully saturated rings. The Labute approximate surface area is 132 Å². The van der Waals surface area contributed by atoms with Gasteiger partial charge in [0.15, 0.2) is 0 Å². The number of rotatable bonds is 7. The number of carbonyl (C=O) groups is 1. The molecule has 2 rings (SSSR count). The zero-order chi connectivity index (χ0) is 15.2. The maximum atomic E-state index is 11.8. The third-order valence-corrected chi connectivity index (χ3v) is 4.02. The van der Waals surface area contributed by atoms with Gasteiger partial charge in [-0.05, 0) is 41.8 Å². The van der Waals surface area contributed by atoms with Gasteiger partial charge in [0, 0.05) is 37.9 Å². The molecule has 21 heavy (non-hydrogen) atoms. The highest BCUT2D eigenvalue weighted by Crippen LogP contribution is 2.14. The van der Waals surface area contributed by atoms with Crippen LogP contribution in [0.3, 0.4) is 0 Å². The van der Waals surface area contributed by atoms with Gasteiger partial charge in [-0.2, -0.15) is 10.2 Å². The molecule has 0 unspecified atom stereocenters. The SMILES string of the molecule is Cc1cnn(CCCNC(=O)CCn2ncc(Br)c2C)c1. The summed E-state index contributed by atoms with van der Waals surface area (Å²) < 4.78 is 4.69. The number of nitrogens with zero attached hydrogens (tertiary/aromatic N) is 4. The third kappa shape index (κ3) is 4.70. The summed E-state index contributed by atoms with van der Waals surface area (Å²) in [4.78, 5) is 11.8. The smallest absolute Gasteiger partial charge is 0.221 e. The number of hydrogen-bond donors (Lipinski definition) is 1. The number of aromatic nitrogens is 4. The van der Waals surface area contributed by atoms with Gasteiger partial charge in [0.05, 0.1) is 16.9 Å². The molecule has 0 saturated heterocycles. The number of aryl methyl sites for hydroxylation is 3. The highest BCUT2D eigenvalue weighted by molar-refractivity contribution is 9.10. The molecule has 0 atom stereocenters. The van der Waals surface area contributed by atoms with E-state index in [1.165, 1.54) is 0 Å². The minimum Gasteiger partial charge on any atom is -0.356 e. The molecule has 7 heteroatoms. The van der Waals surface area contributed by atoms with E-state index in [-0.39, 0.29) is 5.91 Å². The maximum absolute atomic E-state index is 11.8. The molecule has 0 spiro atoms. The van der Waals surface area contributed by atoms with Crippen LogP contribution in [0.15, 0.2) is 23.1 Å². The molecule has 6 nitrogen and oxygen atoms in total. The van der Waals surface area contributed by atoms with E-state index < -0.39 is 0 Å². The molecule has 0 bridgehead atoms. The Morgan fingerprint density at radius 3 is 2.71 bits per heavy atom. The van der Waals surface area contributed by atoms with Crippen molar-refractivity contribution in [3.05, 3.63) is 34.3 Å². The summed E-state index contributed by atoms with van der Waals surface area (Å²) in [6, 6.07) is 0. The molecule has 1 N–H and O–H groups in total. The Hall–Kier alpha value is -1.63. The molecule has 2 heterocycles. The van der Waals surface area contributed by atoms with E-state index in [2.05, 4.69) is 31.4 Å². The van der Waals surface area contributed by atoms with E-state index >= 15 is 0 Å². The quantitative estimate of drug-likeness (QED) is 0.774. The van der Waals surface area contributed by atoms with Crippen molar-refractivity contribution in [3.8, 4) is 0 Å². The first-order valence-corrected chi connectivity index (χ1v) is 7.79.